The standard InChI is InChI=1S/C16H19Cl2N3O2S/c1-20(9-13-3-5-16-19-6-7-21(16)10-13)24(22,23)11-12-2-4-14(17)15(18)8-12/h2,4,6-8,13H,3,5,9-11H2,1H3. The number of hydrogen-bond acceptors (Lipinski definition) is 3. The molecule has 130 valence electrons. The van der Waals surface area contributed by atoms with Gasteiger partial charge < -0.3 is 4.57 Å². The highest BCUT2D eigenvalue weighted by molar-refractivity contribution is 7.88. The first-order valence-corrected chi connectivity index (χ1v) is 10.1. The molecule has 5 nitrogen and oxygen atoms in total. The molecule has 0 amide bonds. The lowest BCUT2D eigenvalue weighted by molar-refractivity contribution is 0.303. The summed E-state index contributed by atoms with van der Waals surface area (Å²) in [6.07, 6.45) is 5.58. The largest absolute Gasteiger partial charge is 0.335 e. The monoisotopic (exact) mass is 387 g/mol. The maximum atomic E-state index is 12.6. The Hall–Kier alpha value is -1.08. The molecular weight excluding hydrogens is 369 g/mol. The minimum absolute atomic E-state index is 0.0799. The maximum absolute atomic E-state index is 12.6. The van der Waals surface area contributed by atoms with E-state index in [1.54, 1.807) is 31.4 Å². The van der Waals surface area contributed by atoms with Gasteiger partial charge in [-0.2, -0.15) is 0 Å². The topological polar surface area (TPSA) is 55.2 Å². The Kier molecular flexibility index (Phi) is 5.20. The van der Waals surface area contributed by atoms with Gasteiger partial charge in [0.2, 0.25) is 10.0 Å². The van der Waals surface area contributed by atoms with Gasteiger partial charge >= 0.3 is 0 Å². The normalized spacial score (nSPS) is 17.9. The molecule has 1 aromatic heterocycles. The molecule has 1 aliphatic heterocycles. The van der Waals surface area contributed by atoms with Gasteiger partial charge in [-0.3, -0.25) is 0 Å². The fraction of sp³-hybridized carbons (Fsp3) is 0.438. The van der Waals surface area contributed by atoms with Crippen LogP contribution in [0.4, 0.5) is 0 Å². The van der Waals surface area contributed by atoms with Crippen molar-refractivity contribution in [2.75, 3.05) is 13.6 Å². The second-order valence-electron chi connectivity index (χ2n) is 6.19. The average Bonchev–Trinajstić information content (AvgIpc) is 2.98. The van der Waals surface area contributed by atoms with Crippen molar-refractivity contribution < 1.29 is 8.42 Å². The number of imidazole rings is 1. The number of benzene rings is 1. The summed E-state index contributed by atoms with van der Waals surface area (Å²) in [6.45, 7) is 1.31. The molecule has 1 aromatic carbocycles. The smallest absolute Gasteiger partial charge is 0.218 e. The summed E-state index contributed by atoms with van der Waals surface area (Å²) < 4.78 is 28.7. The fourth-order valence-corrected chi connectivity index (χ4v) is 4.59. The van der Waals surface area contributed by atoms with E-state index in [0.717, 1.165) is 25.2 Å². The highest BCUT2D eigenvalue weighted by atomic mass is 35.5. The maximum Gasteiger partial charge on any atom is 0.218 e. The molecule has 3 rings (SSSR count). The van der Waals surface area contributed by atoms with E-state index in [1.165, 1.54) is 4.31 Å². The van der Waals surface area contributed by atoms with Crippen molar-refractivity contribution in [2.45, 2.75) is 25.1 Å². The van der Waals surface area contributed by atoms with E-state index < -0.39 is 10.0 Å². The third-order valence-electron chi connectivity index (χ3n) is 4.36. The molecule has 0 saturated carbocycles. The van der Waals surface area contributed by atoms with Crippen molar-refractivity contribution in [3.8, 4) is 0 Å². The molecule has 24 heavy (non-hydrogen) atoms. The van der Waals surface area contributed by atoms with Gasteiger partial charge in [0.05, 0.1) is 15.8 Å². The minimum atomic E-state index is -3.40. The molecular formula is C16H19Cl2N3O2S. The van der Waals surface area contributed by atoms with Crippen molar-refractivity contribution in [1.82, 2.24) is 13.9 Å². The Bertz CT molecular complexity index is 836. The number of fused-ring (bicyclic) bond motifs is 1. The van der Waals surface area contributed by atoms with Gasteiger partial charge in [0.15, 0.2) is 0 Å². The molecule has 1 unspecified atom stereocenters. The number of nitrogens with zero attached hydrogens (tertiary/aromatic N) is 3. The molecule has 1 atom stereocenters. The molecule has 0 spiro atoms. The molecule has 0 N–H and O–H groups in total. The molecule has 0 aliphatic carbocycles. The Morgan fingerprint density at radius 2 is 2.12 bits per heavy atom. The quantitative estimate of drug-likeness (QED) is 0.791. The molecule has 8 heteroatoms. The van der Waals surface area contributed by atoms with Crippen LogP contribution in [0.2, 0.25) is 10.0 Å². The summed E-state index contributed by atoms with van der Waals surface area (Å²) >= 11 is 11.8. The Morgan fingerprint density at radius 3 is 2.88 bits per heavy atom. The highest BCUT2D eigenvalue weighted by Crippen LogP contribution is 2.25. The number of halogens is 2. The summed E-state index contributed by atoms with van der Waals surface area (Å²) in [5.74, 6) is 1.29. The van der Waals surface area contributed by atoms with E-state index in [9.17, 15) is 8.42 Å². The third-order valence-corrected chi connectivity index (χ3v) is 6.89. The number of sulfonamides is 1. The van der Waals surface area contributed by atoms with Gasteiger partial charge in [-0.05, 0) is 30.0 Å². The summed E-state index contributed by atoms with van der Waals surface area (Å²) in [6, 6.07) is 4.92. The predicted octanol–water partition coefficient (Wildman–Crippen LogP) is 3.21. The molecule has 0 radical (unpaired) electrons. The fourth-order valence-electron chi connectivity index (χ4n) is 3.01. The first-order valence-electron chi connectivity index (χ1n) is 7.73. The van der Waals surface area contributed by atoms with Gasteiger partial charge in [-0.1, -0.05) is 29.3 Å². The van der Waals surface area contributed by atoms with Crippen LogP contribution < -0.4 is 0 Å². The van der Waals surface area contributed by atoms with Crippen molar-refractivity contribution >= 4 is 33.2 Å². The van der Waals surface area contributed by atoms with E-state index in [-0.39, 0.29) is 5.75 Å². The van der Waals surface area contributed by atoms with E-state index >= 15 is 0 Å². The zero-order valence-corrected chi connectivity index (χ0v) is 15.7. The molecule has 2 aromatic rings. The van der Waals surface area contributed by atoms with Gasteiger partial charge in [-0.15, -0.1) is 0 Å². The summed E-state index contributed by atoms with van der Waals surface area (Å²) in [5, 5.41) is 0.788. The Morgan fingerprint density at radius 1 is 1.33 bits per heavy atom. The van der Waals surface area contributed by atoms with E-state index in [4.69, 9.17) is 23.2 Å². The number of aromatic nitrogens is 2. The van der Waals surface area contributed by atoms with E-state index in [0.29, 0.717) is 28.1 Å². The molecule has 0 bridgehead atoms. The molecule has 2 heterocycles. The van der Waals surface area contributed by atoms with Crippen LogP contribution in [0.15, 0.2) is 30.6 Å². The predicted molar refractivity (Wildman–Crippen MR) is 95.8 cm³/mol. The SMILES string of the molecule is CN(CC1CCc2nccn2C1)S(=O)(=O)Cc1ccc(Cl)c(Cl)c1. The lowest BCUT2D eigenvalue weighted by Gasteiger charge is -2.27. The number of rotatable bonds is 5. The van der Waals surface area contributed by atoms with Crippen molar-refractivity contribution in [3.05, 3.63) is 52.0 Å². The first-order chi connectivity index (χ1) is 11.3. The Labute approximate surface area is 152 Å². The van der Waals surface area contributed by atoms with E-state index in [1.807, 2.05) is 6.20 Å². The van der Waals surface area contributed by atoms with Gasteiger partial charge in [-0.25, -0.2) is 17.7 Å². The lowest BCUT2D eigenvalue weighted by atomic mass is 10.00. The highest BCUT2D eigenvalue weighted by Gasteiger charge is 2.25. The van der Waals surface area contributed by atoms with Crippen LogP contribution in [-0.2, 0) is 28.7 Å². The lowest BCUT2D eigenvalue weighted by Crippen LogP contribution is -2.36. The third kappa shape index (κ3) is 3.94. The average molecular weight is 388 g/mol. The van der Waals surface area contributed by atoms with Crippen LogP contribution in [0.1, 0.15) is 17.8 Å². The minimum Gasteiger partial charge on any atom is -0.335 e. The zero-order chi connectivity index (χ0) is 17.3. The summed E-state index contributed by atoms with van der Waals surface area (Å²) in [5.41, 5.74) is 0.636. The van der Waals surface area contributed by atoms with Gasteiger partial charge in [0.25, 0.3) is 0 Å². The van der Waals surface area contributed by atoms with Crippen LogP contribution in [0.5, 0.6) is 0 Å². The molecule has 0 fully saturated rings. The number of aryl methyl sites for hydroxylation is 1. The van der Waals surface area contributed by atoms with Crippen molar-refractivity contribution in [1.29, 1.82) is 0 Å². The van der Waals surface area contributed by atoms with Crippen LogP contribution in [0.25, 0.3) is 0 Å². The first kappa shape index (κ1) is 17.7. The number of hydrogen-bond donors (Lipinski definition) is 0. The van der Waals surface area contributed by atoms with Crippen LogP contribution in [0, 0.1) is 5.92 Å². The molecule has 0 saturated heterocycles. The Balaban J connectivity index is 1.65. The second-order valence-corrected chi connectivity index (χ2v) is 9.08. The van der Waals surface area contributed by atoms with Crippen molar-refractivity contribution in [3.63, 3.8) is 0 Å². The van der Waals surface area contributed by atoms with Crippen molar-refractivity contribution in [2.24, 2.45) is 5.92 Å². The van der Waals surface area contributed by atoms with Gasteiger partial charge in [0, 0.05) is 39.0 Å². The van der Waals surface area contributed by atoms with E-state index in [2.05, 4.69) is 9.55 Å². The van der Waals surface area contributed by atoms with Crippen LogP contribution in [-0.4, -0.2) is 35.9 Å². The second kappa shape index (κ2) is 7.04. The summed E-state index contributed by atoms with van der Waals surface area (Å²) in [4.78, 5) is 4.30. The zero-order valence-electron chi connectivity index (χ0n) is 13.3. The van der Waals surface area contributed by atoms with Crippen LogP contribution in [0.3, 0.4) is 0 Å². The molecule has 1 aliphatic rings. The summed E-state index contributed by atoms with van der Waals surface area (Å²) in [7, 11) is -1.76. The van der Waals surface area contributed by atoms with Gasteiger partial charge in [0.1, 0.15) is 5.82 Å². The van der Waals surface area contributed by atoms with Crippen LogP contribution >= 0.6 is 23.2 Å².